The van der Waals surface area contributed by atoms with Crippen molar-refractivity contribution in [3.63, 3.8) is 0 Å². The number of hydrogen-bond acceptors (Lipinski definition) is 5. The molecule has 1 N–H and O–H groups in total. The molecule has 0 aliphatic carbocycles. The van der Waals surface area contributed by atoms with Crippen LogP contribution in [-0.2, 0) is 13.0 Å². The Hall–Kier alpha value is -1.88. The molecule has 2 aromatic rings. The van der Waals surface area contributed by atoms with Crippen molar-refractivity contribution < 1.29 is 9.94 Å². The van der Waals surface area contributed by atoms with Crippen molar-refractivity contribution in [2.24, 2.45) is 5.16 Å². The van der Waals surface area contributed by atoms with Crippen molar-refractivity contribution >= 4 is 17.0 Å². The van der Waals surface area contributed by atoms with Gasteiger partial charge in [0.15, 0.2) is 0 Å². The Bertz CT molecular complexity index is 561. The number of aryl methyl sites for hydroxylation is 1. The average Bonchev–Trinajstić information content (AvgIpc) is 2.83. The monoisotopic (exact) mass is 276 g/mol. The van der Waals surface area contributed by atoms with Gasteiger partial charge in [-0.05, 0) is 31.5 Å². The largest absolute Gasteiger partial charge is 0.487 e. The fourth-order valence-electron chi connectivity index (χ4n) is 1.67. The highest BCUT2D eigenvalue weighted by atomic mass is 32.1. The zero-order valence-electron chi connectivity index (χ0n) is 11.0. The fraction of sp³-hybridized carbons (Fsp3) is 0.286. The maximum atomic E-state index is 8.62. The number of oxime groups is 1. The van der Waals surface area contributed by atoms with Gasteiger partial charge in [0.25, 0.3) is 0 Å². The summed E-state index contributed by atoms with van der Waals surface area (Å²) in [5.74, 6) is 0.813. The summed E-state index contributed by atoms with van der Waals surface area (Å²) in [4.78, 5) is 4.34. The van der Waals surface area contributed by atoms with E-state index in [1.807, 2.05) is 36.6 Å². The number of aromatic nitrogens is 1. The zero-order valence-corrected chi connectivity index (χ0v) is 11.8. The first-order valence-electron chi connectivity index (χ1n) is 5.97. The average molecular weight is 276 g/mol. The minimum Gasteiger partial charge on any atom is -0.487 e. The van der Waals surface area contributed by atoms with Crippen LogP contribution >= 0.6 is 11.3 Å². The molecule has 5 heteroatoms. The molecule has 1 heterocycles. The minimum absolute atomic E-state index is 0.487. The third kappa shape index (κ3) is 4.06. The van der Waals surface area contributed by atoms with Gasteiger partial charge in [0.05, 0.1) is 16.4 Å². The lowest BCUT2D eigenvalue weighted by molar-refractivity contribution is 0.302. The standard InChI is InChI=1S/C14H16N2O2S/c1-10(16-17)7-12-3-5-14(6-4-12)18-8-13-9-19-11(2)15-13/h3-6,9,17H,7-8H2,1-2H3/b16-10-. The molecule has 0 radical (unpaired) electrons. The molecule has 0 saturated carbocycles. The predicted molar refractivity (Wildman–Crippen MR) is 76.2 cm³/mol. The van der Waals surface area contributed by atoms with Crippen LogP contribution in [0.1, 0.15) is 23.2 Å². The van der Waals surface area contributed by atoms with Gasteiger partial charge in [0.2, 0.25) is 0 Å². The Morgan fingerprint density at radius 3 is 2.68 bits per heavy atom. The molecule has 4 nitrogen and oxygen atoms in total. The molecule has 0 unspecified atom stereocenters. The Labute approximate surface area is 116 Å². The fourth-order valence-corrected chi connectivity index (χ4v) is 2.26. The van der Waals surface area contributed by atoms with E-state index in [-0.39, 0.29) is 0 Å². The summed E-state index contributed by atoms with van der Waals surface area (Å²) < 4.78 is 5.66. The first kappa shape index (κ1) is 13.5. The van der Waals surface area contributed by atoms with E-state index in [1.165, 1.54) is 0 Å². The van der Waals surface area contributed by atoms with Crippen molar-refractivity contribution in [3.05, 3.63) is 45.9 Å². The van der Waals surface area contributed by atoms with Gasteiger partial charge in [0.1, 0.15) is 12.4 Å². The topological polar surface area (TPSA) is 54.7 Å². The van der Waals surface area contributed by atoms with E-state index in [0.29, 0.717) is 18.7 Å². The van der Waals surface area contributed by atoms with Crippen LogP contribution < -0.4 is 4.74 Å². The highest BCUT2D eigenvalue weighted by Crippen LogP contribution is 2.16. The molecule has 0 spiro atoms. The molecule has 0 aliphatic rings. The molecule has 0 atom stereocenters. The van der Waals surface area contributed by atoms with Crippen molar-refractivity contribution in [1.82, 2.24) is 4.98 Å². The maximum absolute atomic E-state index is 8.62. The number of ether oxygens (including phenoxy) is 1. The number of hydrogen-bond donors (Lipinski definition) is 1. The number of nitrogens with zero attached hydrogens (tertiary/aromatic N) is 2. The van der Waals surface area contributed by atoms with E-state index in [4.69, 9.17) is 9.94 Å². The SMILES string of the molecule is C/C(Cc1ccc(OCc2csc(C)n2)cc1)=N/O. The summed E-state index contributed by atoms with van der Waals surface area (Å²) in [6, 6.07) is 7.77. The van der Waals surface area contributed by atoms with Crippen LogP contribution in [0.15, 0.2) is 34.8 Å². The first-order chi connectivity index (χ1) is 9.17. The molecule has 100 valence electrons. The van der Waals surface area contributed by atoms with E-state index in [1.54, 1.807) is 18.3 Å². The lowest BCUT2D eigenvalue weighted by Gasteiger charge is -2.05. The number of rotatable bonds is 5. The minimum atomic E-state index is 0.487. The van der Waals surface area contributed by atoms with Gasteiger partial charge in [-0.15, -0.1) is 11.3 Å². The summed E-state index contributed by atoms with van der Waals surface area (Å²) in [7, 11) is 0. The second kappa shape index (κ2) is 6.33. The van der Waals surface area contributed by atoms with Gasteiger partial charge in [0, 0.05) is 11.8 Å². The Morgan fingerprint density at radius 1 is 1.37 bits per heavy atom. The normalized spacial score (nSPS) is 11.6. The van der Waals surface area contributed by atoms with Crippen LogP contribution in [0.25, 0.3) is 0 Å². The van der Waals surface area contributed by atoms with Crippen LogP contribution in [0.4, 0.5) is 0 Å². The van der Waals surface area contributed by atoms with Crippen molar-refractivity contribution in [2.75, 3.05) is 0 Å². The Balaban J connectivity index is 1.91. The lowest BCUT2D eigenvalue weighted by atomic mass is 10.1. The molecule has 0 fully saturated rings. The van der Waals surface area contributed by atoms with Crippen molar-refractivity contribution in [3.8, 4) is 5.75 Å². The second-order valence-electron chi connectivity index (χ2n) is 4.30. The van der Waals surface area contributed by atoms with Crippen molar-refractivity contribution in [1.29, 1.82) is 0 Å². The highest BCUT2D eigenvalue weighted by molar-refractivity contribution is 7.09. The van der Waals surface area contributed by atoms with Gasteiger partial charge in [-0.25, -0.2) is 4.98 Å². The van der Waals surface area contributed by atoms with E-state index in [9.17, 15) is 0 Å². The Kier molecular flexibility index (Phi) is 4.52. The first-order valence-corrected chi connectivity index (χ1v) is 6.85. The van der Waals surface area contributed by atoms with Crippen molar-refractivity contribution in [2.45, 2.75) is 26.9 Å². The van der Waals surface area contributed by atoms with Crippen LogP contribution in [-0.4, -0.2) is 15.9 Å². The van der Waals surface area contributed by atoms with Gasteiger partial charge in [-0.1, -0.05) is 17.3 Å². The molecule has 1 aromatic heterocycles. The Morgan fingerprint density at radius 2 is 2.11 bits per heavy atom. The molecule has 0 amide bonds. The summed E-state index contributed by atoms with van der Waals surface area (Å²) in [5.41, 5.74) is 2.73. The molecule has 0 saturated heterocycles. The van der Waals surface area contributed by atoms with Gasteiger partial charge in [-0.2, -0.15) is 0 Å². The third-order valence-corrected chi connectivity index (χ3v) is 3.43. The summed E-state index contributed by atoms with van der Waals surface area (Å²) >= 11 is 1.62. The van der Waals surface area contributed by atoms with Crippen LogP contribution in [0.5, 0.6) is 5.75 Å². The molecule has 0 bridgehead atoms. The third-order valence-electron chi connectivity index (χ3n) is 2.61. The molecule has 1 aromatic carbocycles. The van der Waals surface area contributed by atoms with E-state index in [2.05, 4.69) is 10.1 Å². The lowest BCUT2D eigenvalue weighted by Crippen LogP contribution is -1.98. The smallest absolute Gasteiger partial charge is 0.131 e. The zero-order chi connectivity index (χ0) is 13.7. The quantitative estimate of drug-likeness (QED) is 0.517. The number of benzene rings is 1. The van der Waals surface area contributed by atoms with E-state index < -0.39 is 0 Å². The molecule has 2 rings (SSSR count). The van der Waals surface area contributed by atoms with Crippen LogP contribution in [0.3, 0.4) is 0 Å². The van der Waals surface area contributed by atoms with Gasteiger partial charge in [-0.3, -0.25) is 0 Å². The van der Waals surface area contributed by atoms with Crippen LogP contribution in [0, 0.1) is 6.92 Å². The number of thiazole rings is 1. The van der Waals surface area contributed by atoms with Gasteiger partial charge >= 0.3 is 0 Å². The predicted octanol–water partition coefficient (Wildman–Crippen LogP) is 3.42. The molecular formula is C14H16N2O2S. The summed E-state index contributed by atoms with van der Waals surface area (Å²) in [6.45, 7) is 4.25. The van der Waals surface area contributed by atoms with Crippen LogP contribution in [0.2, 0.25) is 0 Å². The molecule has 0 aliphatic heterocycles. The molecule has 19 heavy (non-hydrogen) atoms. The maximum Gasteiger partial charge on any atom is 0.131 e. The van der Waals surface area contributed by atoms with E-state index in [0.717, 1.165) is 22.0 Å². The second-order valence-corrected chi connectivity index (χ2v) is 5.36. The van der Waals surface area contributed by atoms with Gasteiger partial charge < -0.3 is 9.94 Å². The summed E-state index contributed by atoms with van der Waals surface area (Å²) in [6.07, 6.45) is 0.641. The molecular weight excluding hydrogens is 260 g/mol. The van der Waals surface area contributed by atoms with E-state index >= 15 is 0 Å². The highest BCUT2D eigenvalue weighted by Gasteiger charge is 2.01. The summed E-state index contributed by atoms with van der Waals surface area (Å²) in [5, 5.41) is 14.8.